The van der Waals surface area contributed by atoms with Crippen LogP contribution in [0.4, 0.5) is 0 Å². The Morgan fingerprint density at radius 2 is 1.78 bits per heavy atom. The number of carbonyl (C=O) groups excluding carboxylic acids is 1. The molecule has 7 heteroatoms. The van der Waals surface area contributed by atoms with Gasteiger partial charge in [-0.15, -0.1) is 0 Å². The zero-order valence-electron chi connectivity index (χ0n) is 10.6. The summed E-state index contributed by atoms with van der Waals surface area (Å²) in [6.07, 6.45) is -7.03. The average molecular weight is 264 g/mol. The monoisotopic (exact) mass is 264 g/mol. The molecule has 18 heavy (non-hydrogen) atoms. The second kappa shape index (κ2) is 5.50. The molecule has 7 nitrogen and oxygen atoms in total. The van der Waals surface area contributed by atoms with Crippen molar-refractivity contribution in [2.24, 2.45) is 5.41 Å². The predicted molar refractivity (Wildman–Crippen MR) is 59.3 cm³/mol. The minimum Gasteiger partial charge on any atom is -0.454 e. The van der Waals surface area contributed by atoms with Gasteiger partial charge in [0.05, 0.1) is 12.0 Å². The van der Waals surface area contributed by atoms with Crippen molar-refractivity contribution in [1.82, 2.24) is 0 Å². The molecule has 0 aromatic heterocycles. The largest absolute Gasteiger partial charge is 0.454 e. The first-order valence-corrected chi connectivity index (χ1v) is 5.70. The molecule has 1 aliphatic heterocycles. The molecule has 4 N–H and O–H groups in total. The first-order chi connectivity index (χ1) is 8.18. The van der Waals surface area contributed by atoms with Gasteiger partial charge in [0.15, 0.2) is 12.4 Å². The van der Waals surface area contributed by atoms with Crippen molar-refractivity contribution in [3.63, 3.8) is 0 Å². The average Bonchev–Trinajstić information content (AvgIpc) is 2.27. The van der Waals surface area contributed by atoms with Gasteiger partial charge in [-0.25, -0.2) is 0 Å². The summed E-state index contributed by atoms with van der Waals surface area (Å²) in [5.74, 6) is -0.635. The van der Waals surface area contributed by atoms with Crippen LogP contribution in [-0.4, -0.2) is 63.7 Å². The summed E-state index contributed by atoms with van der Waals surface area (Å²) in [5, 5.41) is 37.8. The van der Waals surface area contributed by atoms with Crippen LogP contribution < -0.4 is 0 Å². The van der Waals surface area contributed by atoms with Gasteiger partial charge >= 0.3 is 5.97 Å². The van der Waals surface area contributed by atoms with E-state index in [2.05, 4.69) is 0 Å². The molecule has 0 radical (unpaired) electrons. The van der Waals surface area contributed by atoms with Crippen LogP contribution in [0.25, 0.3) is 0 Å². The molecule has 0 bridgehead atoms. The molecule has 0 aromatic rings. The first kappa shape index (κ1) is 15.3. The van der Waals surface area contributed by atoms with Crippen LogP contribution in [0.15, 0.2) is 0 Å². The third kappa shape index (κ3) is 3.18. The van der Waals surface area contributed by atoms with Crippen molar-refractivity contribution in [1.29, 1.82) is 0 Å². The van der Waals surface area contributed by atoms with Crippen LogP contribution in [-0.2, 0) is 14.3 Å². The van der Waals surface area contributed by atoms with Gasteiger partial charge in [-0.2, -0.15) is 0 Å². The van der Waals surface area contributed by atoms with E-state index in [1.54, 1.807) is 20.8 Å². The summed E-state index contributed by atoms with van der Waals surface area (Å²) >= 11 is 0. The maximum absolute atomic E-state index is 11.7. The normalized spacial score (nSPS) is 37.4. The van der Waals surface area contributed by atoms with Gasteiger partial charge in [-0.05, 0) is 20.8 Å². The quantitative estimate of drug-likeness (QED) is 0.443. The van der Waals surface area contributed by atoms with Crippen LogP contribution >= 0.6 is 0 Å². The SMILES string of the molecule is CC(C)(C)C(=O)O[C@@H]1[C@@H](O)[C@H](O)[C@@H](CO)O[C@H]1O. The van der Waals surface area contributed by atoms with Crippen molar-refractivity contribution < 1.29 is 34.7 Å². The molecule has 1 saturated heterocycles. The number of aliphatic hydroxyl groups is 4. The Morgan fingerprint density at radius 3 is 2.22 bits per heavy atom. The van der Waals surface area contributed by atoms with E-state index in [0.29, 0.717) is 0 Å². The molecular weight excluding hydrogens is 244 g/mol. The minimum absolute atomic E-state index is 0.560. The molecule has 1 fully saturated rings. The maximum atomic E-state index is 11.7. The van der Waals surface area contributed by atoms with Gasteiger partial charge in [-0.3, -0.25) is 4.79 Å². The summed E-state index contributed by atoms with van der Waals surface area (Å²) in [7, 11) is 0. The second-order valence-corrected chi connectivity index (χ2v) is 5.35. The van der Waals surface area contributed by atoms with Crippen LogP contribution in [0.1, 0.15) is 20.8 Å². The van der Waals surface area contributed by atoms with Gasteiger partial charge in [-0.1, -0.05) is 0 Å². The second-order valence-electron chi connectivity index (χ2n) is 5.35. The van der Waals surface area contributed by atoms with Crippen molar-refractivity contribution >= 4 is 5.97 Å². The standard InChI is InChI=1S/C11H20O7/c1-11(2,3)10(16)18-8-7(14)6(13)5(4-12)17-9(8)15/h5-9,12-15H,4H2,1-3H3/t5-,6-,7+,8-,9-/m1/s1. The molecule has 0 amide bonds. The Balaban J connectivity index is 2.74. The van der Waals surface area contributed by atoms with Crippen molar-refractivity contribution in [3.8, 4) is 0 Å². The van der Waals surface area contributed by atoms with E-state index in [9.17, 15) is 20.1 Å². The van der Waals surface area contributed by atoms with Gasteiger partial charge in [0.2, 0.25) is 0 Å². The van der Waals surface area contributed by atoms with Crippen LogP contribution in [0.2, 0.25) is 0 Å². The van der Waals surface area contributed by atoms with Crippen molar-refractivity contribution in [2.75, 3.05) is 6.61 Å². The third-order valence-corrected chi connectivity index (χ3v) is 2.70. The fourth-order valence-electron chi connectivity index (χ4n) is 1.50. The number of ether oxygens (including phenoxy) is 2. The molecule has 0 saturated carbocycles. The zero-order chi connectivity index (χ0) is 14.1. The molecule has 1 rings (SSSR count). The van der Waals surface area contributed by atoms with E-state index in [4.69, 9.17) is 14.6 Å². The Kier molecular flexibility index (Phi) is 4.68. The Morgan fingerprint density at radius 1 is 1.22 bits per heavy atom. The molecule has 0 aliphatic carbocycles. The molecule has 106 valence electrons. The first-order valence-electron chi connectivity index (χ1n) is 5.70. The van der Waals surface area contributed by atoms with Gasteiger partial charge in [0.25, 0.3) is 0 Å². The maximum Gasteiger partial charge on any atom is 0.311 e. The van der Waals surface area contributed by atoms with Crippen molar-refractivity contribution in [3.05, 3.63) is 0 Å². The van der Waals surface area contributed by atoms with Gasteiger partial charge in [0.1, 0.15) is 18.3 Å². The topological polar surface area (TPSA) is 116 Å². The summed E-state index contributed by atoms with van der Waals surface area (Å²) in [6, 6.07) is 0. The van der Waals surface area contributed by atoms with E-state index < -0.39 is 48.7 Å². The Hall–Kier alpha value is -0.730. The highest BCUT2D eigenvalue weighted by molar-refractivity contribution is 5.75. The van der Waals surface area contributed by atoms with E-state index in [0.717, 1.165) is 0 Å². The minimum atomic E-state index is -1.59. The zero-order valence-corrected chi connectivity index (χ0v) is 10.6. The smallest absolute Gasteiger partial charge is 0.311 e. The third-order valence-electron chi connectivity index (χ3n) is 2.70. The molecule has 0 aromatic carbocycles. The lowest BCUT2D eigenvalue weighted by Gasteiger charge is -2.40. The van der Waals surface area contributed by atoms with Gasteiger partial charge in [0, 0.05) is 0 Å². The fourth-order valence-corrected chi connectivity index (χ4v) is 1.50. The molecule has 1 aliphatic rings. The number of hydrogen-bond acceptors (Lipinski definition) is 7. The molecular formula is C11H20O7. The van der Waals surface area contributed by atoms with Crippen LogP contribution in [0.5, 0.6) is 0 Å². The summed E-state index contributed by atoms with van der Waals surface area (Å²) in [5.41, 5.74) is -0.807. The summed E-state index contributed by atoms with van der Waals surface area (Å²) in [6.45, 7) is 4.29. The lowest BCUT2D eigenvalue weighted by Crippen LogP contribution is -2.60. The fraction of sp³-hybridized carbons (Fsp3) is 0.909. The van der Waals surface area contributed by atoms with Crippen molar-refractivity contribution in [2.45, 2.75) is 51.5 Å². The van der Waals surface area contributed by atoms with Crippen LogP contribution in [0, 0.1) is 5.41 Å². The van der Waals surface area contributed by atoms with E-state index in [1.807, 2.05) is 0 Å². The number of aliphatic hydroxyl groups excluding tert-OH is 4. The summed E-state index contributed by atoms with van der Waals surface area (Å²) < 4.78 is 9.80. The summed E-state index contributed by atoms with van der Waals surface area (Å²) in [4.78, 5) is 11.7. The highest BCUT2D eigenvalue weighted by Crippen LogP contribution is 2.25. The Labute approximate surface area is 105 Å². The van der Waals surface area contributed by atoms with E-state index in [-0.39, 0.29) is 0 Å². The van der Waals surface area contributed by atoms with Gasteiger partial charge < -0.3 is 29.9 Å². The highest BCUT2D eigenvalue weighted by atomic mass is 16.7. The molecule has 0 spiro atoms. The van der Waals surface area contributed by atoms with Crippen LogP contribution in [0.3, 0.4) is 0 Å². The number of rotatable bonds is 2. The Bertz CT molecular complexity index is 298. The van der Waals surface area contributed by atoms with E-state index in [1.165, 1.54) is 0 Å². The molecule has 0 unspecified atom stereocenters. The van der Waals surface area contributed by atoms with E-state index >= 15 is 0 Å². The number of carbonyl (C=O) groups is 1. The predicted octanol–water partition coefficient (Wildman–Crippen LogP) is -1.62. The molecule has 5 atom stereocenters. The highest BCUT2D eigenvalue weighted by Gasteiger charge is 2.46. The number of esters is 1. The lowest BCUT2D eigenvalue weighted by atomic mass is 9.96. The molecule has 1 heterocycles. The lowest BCUT2D eigenvalue weighted by molar-refractivity contribution is -0.292. The number of hydrogen-bond donors (Lipinski definition) is 4.